The van der Waals surface area contributed by atoms with Gasteiger partial charge in [0.15, 0.2) is 5.96 Å². The first-order valence-electron chi connectivity index (χ1n) is 8.60. The average molecular weight is 457 g/mol. The minimum Gasteiger partial charge on any atom is -0.375 e. The molecule has 2 saturated heterocycles. The number of hydrogen-bond donors (Lipinski definition) is 1. The fraction of sp³-hybridized carbons (Fsp3) is 0.938. The molecule has 1 N–H and O–H groups in total. The molecule has 0 radical (unpaired) electrons. The van der Waals surface area contributed by atoms with Crippen molar-refractivity contribution in [2.45, 2.75) is 44.8 Å². The van der Waals surface area contributed by atoms with Gasteiger partial charge in [0.25, 0.3) is 0 Å². The summed E-state index contributed by atoms with van der Waals surface area (Å²) in [7, 11) is 0. The van der Waals surface area contributed by atoms with Crippen molar-refractivity contribution in [2.75, 3.05) is 51.4 Å². The van der Waals surface area contributed by atoms with Crippen molar-refractivity contribution in [2.24, 2.45) is 4.99 Å². The number of thioether (sulfide) groups is 1. The lowest BCUT2D eigenvalue weighted by Crippen LogP contribution is -2.53. The third-order valence-electron chi connectivity index (χ3n) is 4.13. The smallest absolute Gasteiger partial charge is 0.194 e. The van der Waals surface area contributed by atoms with Crippen LogP contribution in [0.1, 0.15) is 32.6 Å². The zero-order valence-corrected chi connectivity index (χ0v) is 17.6. The van der Waals surface area contributed by atoms with E-state index in [1.165, 1.54) is 12.2 Å². The molecule has 2 atom stereocenters. The number of nitrogens with one attached hydrogen (secondary N) is 1. The molecule has 5 nitrogen and oxygen atoms in total. The van der Waals surface area contributed by atoms with E-state index in [2.05, 4.69) is 23.4 Å². The topological polar surface area (TPSA) is 46.1 Å². The van der Waals surface area contributed by atoms with Gasteiger partial charge in [-0.3, -0.25) is 4.99 Å². The molecule has 0 spiro atoms. The molecule has 2 aliphatic rings. The molecule has 0 aliphatic carbocycles. The van der Waals surface area contributed by atoms with E-state index in [0.29, 0.717) is 0 Å². The van der Waals surface area contributed by atoms with Crippen LogP contribution in [-0.4, -0.2) is 74.5 Å². The molecule has 2 aliphatic heterocycles. The summed E-state index contributed by atoms with van der Waals surface area (Å²) in [4.78, 5) is 7.14. The maximum atomic E-state index is 5.93. The monoisotopic (exact) mass is 457 g/mol. The van der Waals surface area contributed by atoms with Crippen molar-refractivity contribution in [1.82, 2.24) is 10.2 Å². The van der Waals surface area contributed by atoms with Crippen LogP contribution in [0.25, 0.3) is 0 Å². The number of unbranched alkanes of at least 4 members (excludes halogenated alkanes) is 1. The van der Waals surface area contributed by atoms with Gasteiger partial charge in [-0.1, -0.05) is 0 Å². The number of halogens is 1. The van der Waals surface area contributed by atoms with E-state index in [9.17, 15) is 0 Å². The van der Waals surface area contributed by atoms with Gasteiger partial charge in [-0.15, -0.1) is 24.0 Å². The van der Waals surface area contributed by atoms with Gasteiger partial charge in [-0.05, 0) is 44.6 Å². The van der Waals surface area contributed by atoms with Gasteiger partial charge in [-0.2, -0.15) is 11.8 Å². The Morgan fingerprint density at radius 1 is 1.26 bits per heavy atom. The van der Waals surface area contributed by atoms with E-state index in [-0.39, 0.29) is 36.2 Å². The summed E-state index contributed by atoms with van der Waals surface area (Å²) in [6, 6.07) is 0. The molecule has 0 amide bonds. The van der Waals surface area contributed by atoms with E-state index < -0.39 is 0 Å². The zero-order chi connectivity index (χ0) is 15.6. The summed E-state index contributed by atoms with van der Waals surface area (Å²) in [5, 5.41) is 3.43. The van der Waals surface area contributed by atoms with Gasteiger partial charge in [-0.25, -0.2) is 0 Å². The Kier molecular flexibility index (Phi) is 11.7. The molecule has 136 valence electrons. The lowest BCUT2D eigenvalue weighted by atomic mass is 10.1. The highest BCUT2D eigenvalue weighted by Crippen LogP contribution is 2.21. The van der Waals surface area contributed by atoms with E-state index >= 15 is 0 Å². The second-order valence-electron chi connectivity index (χ2n) is 5.84. The quantitative estimate of drug-likeness (QED) is 0.276. The predicted molar refractivity (Wildman–Crippen MR) is 109 cm³/mol. The Morgan fingerprint density at radius 3 is 2.78 bits per heavy atom. The van der Waals surface area contributed by atoms with Crippen molar-refractivity contribution < 1.29 is 9.47 Å². The van der Waals surface area contributed by atoms with Crippen LogP contribution in [0.2, 0.25) is 0 Å². The van der Waals surface area contributed by atoms with Crippen molar-refractivity contribution in [3.63, 3.8) is 0 Å². The van der Waals surface area contributed by atoms with Crippen molar-refractivity contribution in [3.05, 3.63) is 0 Å². The van der Waals surface area contributed by atoms with Crippen molar-refractivity contribution in [3.8, 4) is 0 Å². The first kappa shape index (κ1) is 21.3. The van der Waals surface area contributed by atoms with Gasteiger partial charge < -0.3 is 19.7 Å². The van der Waals surface area contributed by atoms with Crippen LogP contribution < -0.4 is 5.32 Å². The van der Waals surface area contributed by atoms with E-state index in [4.69, 9.17) is 14.5 Å². The minimum atomic E-state index is 0. The molecular weight excluding hydrogens is 425 g/mol. The van der Waals surface area contributed by atoms with Gasteiger partial charge in [0.05, 0.1) is 12.7 Å². The summed E-state index contributed by atoms with van der Waals surface area (Å²) in [6.45, 7) is 7.40. The summed E-state index contributed by atoms with van der Waals surface area (Å²) >= 11 is 1.91. The summed E-state index contributed by atoms with van der Waals surface area (Å²) in [5.74, 6) is 2.27. The predicted octanol–water partition coefficient (Wildman–Crippen LogP) is 2.59. The standard InChI is InChI=1S/C16H31N3O2S.HI/c1-3-17-16(18-8-4-5-12-22-2)19-9-11-21-15(13-19)14-7-6-10-20-14;/h14-15H,3-13H2,1-2H3,(H,17,18);1H. The number of morpholine rings is 1. The van der Waals surface area contributed by atoms with Crippen LogP contribution in [0.15, 0.2) is 4.99 Å². The fourth-order valence-electron chi connectivity index (χ4n) is 2.96. The number of hydrogen-bond acceptors (Lipinski definition) is 4. The molecule has 7 heteroatoms. The van der Waals surface area contributed by atoms with Gasteiger partial charge in [0.2, 0.25) is 0 Å². The fourth-order valence-corrected chi connectivity index (χ4v) is 3.45. The Morgan fingerprint density at radius 2 is 2.09 bits per heavy atom. The Hall–Kier alpha value is 0.270. The molecule has 0 aromatic carbocycles. The highest BCUT2D eigenvalue weighted by molar-refractivity contribution is 14.0. The Labute approximate surface area is 162 Å². The Balaban J connectivity index is 0.00000264. The average Bonchev–Trinajstić information content (AvgIpc) is 3.08. The lowest BCUT2D eigenvalue weighted by Gasteiger charge is -2.37. The summed E-state index contributed by atoms with van der Waals surface area (Å²) in [6.07, 6.45) is 7.31. The van der Waals surface area contributed by atoms with Crippen LogP contribution in [0.5, 0.6) is 0 Å². The molecule has 2 heterocycles. The number of rotatable bonds is 7. The highest BCUT2D eigenvalue weighted by atomic mass is 127. The maximum Gasteiger partial charge on any atom is 0.194 e. The maximum absolute atomic E-state index is 5.93. The van der Waals surface area contributed by atoms with E-state index in [0.717, 1.165) is 64.6 Å². The molecule has 0 aromatic heterocycles. The first-order valence-corrected chi connectivity index (χ1v) is 10.00. The third kappa shape index (κ3) is 7.36. The molecule has 2 rings (SSSR count). The van der Waals surface area contributed by atoms with Crippen LogP contribution >= 0.6 is 35.7 Å². The van der Waals surface area contributed by atoms with Crippen LogP contribution in [0.4, 0.5) is 0 Å². The van der Waals surface area contributed by atoms with Crippen LogP contribution in [0.3, 0.4) is 0 Å². The second-order valence-corrected chi connectivity index (χ2v) is 6.83. The highest BCUT2D eigenvalue weighted by Gasteiger charge is 2.32. The second kappa shape index (κ2) is 12.6. The SMILES string of the molecule is CCNC(=NCCCCSC)N1CCOC(C2CCCO2)C1.I. The van der Waals surface area contributed by atoms with Gasteiger partial charge >= 0.3 is 0 Å². The van der Waals surface area contributed by atoms with Crippen LogP contribution in [-0.2, 0) is 9.47 Å². The molecular formula is C16H32IN3O2S. The molecule has 0 aromatic rings. The molecule has 0 bridgehead atoms. The number of nitrogens with zero attached hydrogens (tertiary/aromatic N) is 2. The molecule has 0 saturated carbocycles. The molecule has 23 heavy (non-hydrogen) atoms. The normalized spacial score (nSPS) is 25.3. The van der Waals surface area contributed by atoms with Crippen molar-refractivity contribution in [1.29, 1.82) is 0 Å². The lowest BCUT2D eigenvalue weighted by molar-refractivity contribution is -0.0817. The number of aliphatic imine (C=N–C) groups is 1. The molecule has 2 unspecified atom stereocenters. The summed E-state index contributed by atoms with van der Waals surface area (Å²) < 4.78 is 11.7. The largest absolute Gasteiger partial charge is 0.375 e. The van der Waals surface area contributed by atoms with E-state index in [1.54, 1.807) is 0 Å². The van der Waals surface area contributed by atoms with Gasteiger partial charge in [0, 0.05) is 32.8 Å². The van der Waals surface area contributed by atoms with Crippen LogP contribution in [0, 0.1) is 0 Å². The molecule has 2 fully saturated rings. The zero-order valence-electron chi connectivity index (χ0n) is 14.5. The first-order chi connectivity index (χ1) is 10.8. The van der Waals surface area contributed by atoms with Crippen molar-refractivity contribution >= 4 is 41.7 Å². The number of guanidine groups is 1. The third-order valence-corrected chi connectivity index (χ3v) is 4.82. The number of ether oxygens (including phenoxy) is 2. The Bertz CT molecular complexity index is 341. The van der Waals surface area contributed by atoms with E-state index in [1.807, 2.05) is 11.8 Å². The van der Waals surface area contributed by atoms with Gasteiger partial charge in [0.1, 0.15) is 6.10 Å². The minimum absolute atomic E-state index is 0. The summed E-state index contributed by atoms with van der Waals surface area (Å²) in [5.41, 5.74) is 0.